The molecule has 1 amide bonds. The number of hydrogen-bond acceptors (Lipinski definition) is 5. The lowest BCUT2D eigenvalue weighted by molar-refractivity contribution is -0.114. The van der Waals surface area contributed by atoms with Crippen LogP contribution in [0.1, 0.15) is 5.56 Å². The SMILES string of the molecule is Cc1cc(NCC(=O)Nc2cccc3nsnc23)ccc1Br. The number of fused-ring (bicyclic) bond motifs is 1. The van der Waals surface area contributed by atoms with Crippen molar-refractivity contribution in [2.45, 2.75) is 6.92 Å². The van der Waals surface area contributed by atoms with Gasteiger partial charge in [0.1, 0.15) is 11.0 Å². The summed E-state index contributed by atoms with van der Waals surface area (Å²) < 4.78 is 9.41. The third-order valence-corrected chi connectivity index (χ3v) is 4.60. The highest BCUT2D eigenvalue weighted by Crippen LogP contribution is 2.22. The van der Waals surface area contributed by atoms with Crippen LogP contribution < -0.4 is 10.6 Å². The standard InChI is InChI=1S/C15H13BrN4OS/c1-9-7-10(5-6-11(9)16)17-8-14(21)18-12-3-2-4-13-15(12)20-22-19-13/h2-7,17H,8H2,1H3,(H,18,21). The number of aryl methyl sites for hydroxylation is 1. The van der Waals surface area contributed by atoms with Gasteiger partial charge in [-0.1, -0.05) is 22.0 Å². The van der Waals surface area contributed by atoms with Crippen LogP contribution in [0.25, 0.3) is 11.0 Å². The topological polar surface area (TPSA) is 66.9 Å². The highest BCUT2D eigenvalue weighted by atomic mass is 79.9. The van der Waals surface area contributed by atoms with Gasteiger partial charge in [0.2, 0.25) is 5.91 Å². The zero-order valence-corrected chi connectivity index (χ0v) is 14.2. The summed E-state index contributed by atoms with van der Waals surface area (Å²) in [5.74, 6) is -0.124. The minimum absolute atomic E-state index is 0.124. The van der Waals surface area contributed by atoms with Crippen LogP contribution in [0.15, 0.2) is 40.9 Å². The molecule has 3 rings (SSSR count). The summed E-state index contributed by atoms with van der Waals surface area (Å²) in [5.41, 5.74) is 4.22. The number of amides is 1. The monoisotopic (exact) mass is 376 g/mol. The summed E-state index contributed by atoms with van der Waals surface area (Å²) in [6.45, 7) is 2.19. The van der Waals surface area contributed by atoms with E-state index in [1.165, 1.54) is 0 Å². The molecule has 2 N–H and O–H groups in total. The molecule has 0 fully saturated rings. The normalized spacial score (nSPS) is 10.6. The fourth-order valence-electron chi connectivity index (χ4n) is 2.04. The van der Waals surface area contributed by atoms with Crippen molar-refractivity contribution in [1.82, 2.24) is 8.75 Å². The number of nitrogens with zero attached hydrogens (tertiary/aromatic N) is 2. The molecule has 0 aliphatic rings. The van der Waals surface area contributed by atoms with Gasteiger partial charge >= 0.3 is 0 Å². The minimum Gasteiger partial charge on any atom is -0.376 e. The molecule has 1 aromatic heterocycles. The van der Waals surface area contributed by atoms with Gasteiger partial charge in [0.05, 0.1) is 24.0 Å². The Kier molecular flexibility index (Phi) is 4.35. The van der Waals surface area contributed by atoms with Crippen molar-refractivity contribution >= 4 is 56.0 Å². The highest BCUT2D eigenvalue weighted by molar-refractivity contribution is 9.10. The van der Waals surface area contributed by atoms with Crippen LogP contribution in [0, 0.1) is 6.92 Å². The smallest absolute Gasteiger partial charge is 0.243 e. The van der Waals surface area contributed by atoms with Gasteiger partial charge < -0.3 is 10.6 Å². The molecule has 2 aromatic carbocycles. The summed E-state index contributed by atoms with van der Waals surface area (Å²) >= 11 is 4.59. The van der Waals surface area contributed by atoms with Crippen LogP contribution in [0.5, 0.6) is 0 Å². The van der Waals surface area contributed by atoms with Gasteiger partial charge in [-0.3, -0.25) is 4.79 Å². The minimum atomic E-state index is -0.124. The molecule has 112 valence electrons. The molecule has 7 heteroatoms. The maximum absolute atomic E-state index is 12.1. The summed E-state index contributed by atoms with van der Waals surface area (Å²) in [6.07, 6.45) is 0. The first-order chi connectivity index (χ1) is 10.6. The number of halogens is 1. The van der Waals surface area contributed by atoms with Crippen LogP contribution in [-0.2, 0) is 4.79 Å². The van der Waals surface area contributed by atoms with Crippen molar-refractivity contribution in [3.05, 3.63) is 46.4 Å². The molecule has 0 bridgehead atoms. The van der Waals surface area contributed by atoms with Gasteiger partial charge in [-0.15, -0.1) is 0 Å². The number of hydrogen-bond donors (Lipinski definition) is 2. The quantitative estimate of drug-likeness (QED) is 0.726. The third kappa shape index (κ3) is 3.26. The molecule has 22 heavy (non-hydrogen) atoms. The van der Waals surface area contributed by atoms with Gasteiger partial charge in [-0.25, -0.2) is 0 Å². The molecule has 5 nitrogen and oxygen atoms in total. The summed E-state index contributed by atoms with van der Waals surface area (Å²) in [7, 11) is 0. The van der Waals surface area contributed by atoms with Crippen LogP contribution in [0.2, 0.25) is 0 Å². The molecule has 0 saturated heterocycles. The average molecular weight is 377 g/mol. The molecule has 0 aliphatic carbocycles. The van der Waals surface area contributed by atoms with Crippen molar-refractivity contribution in [2.75, 3.05) is 17.2 Å². The number of carbonyl (C=O) groups excluding carboxylic acids is 1. The van der Waals surface area contributed by atoms with Crippen LogP contribution in [0.3, 0.4) is 0 Å². The molecular weight excluding hydrogens is 364 g/mol. The molecule has 0 aliphatic heterocycles. The van der Waals surface area contributed by atoms with Gasteiger partial charge in [0, 0.05) is 10.2 Å². The largest absolute Gasteiger partial charge is 0.376 e. The Balaban J connectivity index is 1.65. The van der Waals surface area contributed by atoms with Crippen molar-refractivity contribution in [3.8, 4) is 0 Å². The number of rotatable bonds is 4. The number of nitrogens with one attached hydrogen (secondary N) is 2. The number of aromatic nitrogens is 2. The van der Waals surface area contributed by atoms with E-state index in [1.807, 2.05) is 43.3 Å². The van der Waals surface area contributed by atoms with E-state index in [9.17, 15) is 4.79 Å². The van der Waals surface area contributed by atoms with Crippen LogP contribution in [0.4, 0.5) is 11.4 Å². The number of benzene rings is 2. The first kappa shape index (κ1) is 14.9. The van der Waals surface area contributed by atoms with Crippen molar-refractivity contribution in [3.63, 3.8) is 0 Å². The van der Waals surface area contributed by atoms with E-state index in [0.717, 1.165) is 38.5 Å². The van der Waals surface area contributed by atoms with Crippen molar-refractivity contribution in [2.24, 2.45) is 0 Å². The lowest BCUT2D eigenvalue weighted by atomic mass is 10.2. The molecule has 1 heterocycles. The zero-order valence-electron chi connectivity index (χ0n) is 11.8. The van der Waals surface area contributed by atoms with Gasteiger partial charge in [-0.2, -0.15) is 8.75 Å². The Hall–Kier alpha value is -1.99. The lowest BCUT2D eigenvalue weighted by Crippen LogP contribution is -2.21. The first-order valence-corrected chi connectivity index (χ1v) is 8.17. The molecular formula is C15H13BrN4OS. The lowest BCUT2D eigenvalue weighted by Gasteiger charge is -2.09. The molecule has 0 atom stereocenters. The summed E-state index contributed by atoms with van der Waals surface area (Å²) in [5, 5.41) is 5.97. The van der Waals surface area contributed by atoms with E-state index in [4.69, 9.17) is 0 Å². The molecule has 0 unspecified atom stereocenters. The van der Waals surface area contributed by atoms with E-state index < -0.39 is 0 Å². The third-order valence-electron chi connectivity index (χ3n) is 3.17. The van der Waals surface area contributed by atoms with E-state index in [1.54, 1.807) is 0 Å². The second-order valence-electron chi connectivity index (χ2n) is 4.80. The van der Waals surface area contributed by atoms with Crippen molar-refractivity contribution < 1.29 is 4.79 Å². The second-order valence-corrected chi connectivity index (χ2v) is 6.19. The number of carbonyl (C=O) groups is 1. The predicted molar refractivity (Wildman–Crippen MR) is 93.4 cm³/mol. The van der Waals surface area contributed by atoms with Gasteiger partial charge in [-0.05, 0) is 42.8 Å². The second kappa shape index (κ2) is 6.41. The number of anilines is 2. The van der Waals surface area contributed by atoms with E-state index in [2.05, 4.69) is 35.3 Å². The molecule has 0 saturated carbocycles. The Morgan fingerprint density at radius 3 is 2.95 bits per heavy atom. The Morgan fingerprint density at radius 2 is 2.14 bits per heavy atom. The van der Waals surface area contributed by atoms with Gasteiger partial charge in [0.25, 0.3) is 0 Å². The average Bonchev–Trinajstić information content (AvgIpc) is 2.98. The predicted octanol–water partition coefficient (Wildman–Crippen LogP) is 3.81. The molecule has 3 aromatic rings. The molecule has 0 spiro atoms. The van der Waals surface area contributed by atoms with Crippen LogP contribution in [-0.4, -0.2) is 21.2 Å². The fraction of sp³-hybridized carbons (Fsp3) is 0.133. The van der Waals surface area contributed by atoms with Crippen LogP contribution >= 0.6 is 27.7 Å². The maximum atomic E-state index is 12.1. The Bertz CT molecular complexity index is 833. The van der Waals surface area contributed by atoms with Gasteiger partial charge in [0.15, 0.2) is 0 Å². The first-order valence-electron chi connectivity index (χ1n) is 6.64. The summed E-state index contributed by atoms with van der Waals surface area (Å²) in [6, 6.07) is 11.4. The van der Waals surface area contributed by atoms with E-state index >= 15 is 0 Å². The van der Waals surface area contributed by atoms with E-state index in [-0.39, 0.29) is 12.5 Å². The van der Waals surface area contributed by atoms with Crippen molar-refractivity contribution in [1.29, 1.82) is 0 Å². The Labute approximate surface area is 140 Å². The highest BCUT2D eigenvalue weighted by Gasteiger charge is 2.08. The fourth-order valence-corrected chi connectivity index (χ4v) is 2.83. The maximum Gasteiger partial charge on any atom is 0.243 e. The van der Waals surface area contributed by atoms with E-state index in [0.29, 0.717) is 5.69 Å². The summed E-state index contributed by atoms with van der Waals surface area (Å²) in [4.78, 5) is 12.1. The zero-order chi connectivity index (χ0) is 15.5. The Morgan fingerprint density at radius 1 is 1.27 bits per heavy atom. The molecule has 0 radical (unpaired) electrons.